The Morgan fingerprint density at radius 1 is 1.35 bits per heavy atom. The van der Waals surface area contributed by atoms with E-state index in [4.69, 9.17) is 29.0 Å². The number of carbonyl (C=O) groups is 1. The highest BCUT2D eigenvalue weighted by atomic mass is 35.5. The first-order valence-corrected chi connectivity index (χ1v) is 10.1. The van der Waals surface area contributed by atoms with E-state index in [-0.39, 0.29) is 11.7 Å². The molecule has 0 saturated carbocycles. The molecule has 0 aliphatic heterocycles. The molecule has 136 valence electrons. The number of benzene rings is 1. The molecule has 0 unspecified atom stereocenters. The minimum Gasteiger partial charge on any atom is -0.340 e. The highest BCUT2D eigenvalue weighted by molar-refractivity contribution is 7.99. The van der Waals surface area contributed by atoms with Gasteiger partial charge in [0, 0.05) is 22.5 Å². The lowest BCUT2D eigenvalue weighted by Crippen LogP contribution is -2.27. The number of nitrogens with zero attached hydrogens (tertiary/aromatic N) is 4. The lowest BCUT2D eigenvalue weighted by molar-refractivity contribution is -0.127. The van der Waals surface area contributed by atoms with Gasteiger partial charge >= 0.3 is 0 Å². The van der Waals surface area contributed by atoms with E-state index in [1.807, 2.05) is 17.5 Å². The average Bonchev–Trinajstić information content (AvgIpc) is 3.23. The topological polar surface area (TPSA) is 77.0 Å². The Kier molecular flexibility index (Phi) is 6.08. The molecule has 1 amide bonds. The summed E-state index contributed by atoms with van der Waals surface area (Å²) in [6.07, 6.45) is 0. The van der Waals surface area contributed by atoms with Gasteiger partial charge in [-0.05, 0) is 29.6 Å². The average molecular weight is 428 g/mol. The van der Waals surface area contributed by atoms with Gasteiger partial charge in [-0.3, -0.25) is 4.79 Å². The molecular weight excluding hydrogens is 413 g/mol. The van der Waals surface area contributed by atoms with Crippen molar-refractivity contribution in [2.45, 2.75) is 11.7 Å². The number of hydrogen-bond acceptors (Lipinski definition) is 6. The second kappa shape index (κ2) is 8.30. The predicted molar refractivity (Wildman–Crippen MR) is 107 cm³/mol. The van der Waals surface area contributed by atoms with Crippen LogP contribution in [0.4, 0.5) is 0 Å². The number of carbonyl (C=O) groups excluding carboxylic acids is 1. The highest BCUT2D eigenvalue weighted by Crippen LogP contribution is 2.30. The van der Waals surface area contributed by atoms with E-state index in [1.165, 1.54) is 16.4 Å². The number of amides is 1. The Balaban J connectivity index is 1.66. The third-order valence-corrected chi connectivity index (χ3v) is 5.90. The number of thiophene rings is 1. The number of halogens is 2. The van der Waals surface area contributed by atoms with Gasteiger partial charge in [-0.1, -0.05) is 41.0 Å². The molecule has 0 radical (unpaired) electrons. The third kappa shape index (κ3) is 4.32. The zero-order valence-corrected chi connectivity index (χ0v) is 16.9. The van der Waals surface area contributed by atoms with Crippen LogP contribution in [0.5, 0.6) is 0 Å². The van der Waals surface area contributed by atoms with Crippen LogP contribution in [0.25, 0.3) is 11.4 Å². The van der Waals surface area contributed by atoms with Crippen molar-refractivity contribution in [3.05, 3.63) is 50.6 Å². The number of rotatable bonds is 6. The highest BCUT2D eigenvalue weighted by Gasteiger charge is 2.17. The standard InChI is InChI=1S/C16H15Cl2N5OS2/c1-22(8-11-3-2-6-25-11)14(24)9-26-16-21-20-15(23(16)19)12-5-4-10(17)7-13(12)18/h2-7H,8-9,19H2,1H3. The molecule has 3 aromatic rings. The molecular formula is C16H15Cl2N5OS2. The minimum atomic E-state index is -0.0162. The second-order valence-corrected chi connectivity index (χ2v) is 8.24. The molecule has 26 heavy (non-hydrogen) atoms. The molecule has 2 N–H and O–H groups in total. The van der Waals surface area contributed by atoms with Gasteiger partial charge in [-0.15, -0.1) is 21.5 Å². The molecule has 0 atom stereocenters. The summed E-state index contributed by atoms with van der Waals surface area (Å²) in [4.78, 5) is 15.1. The quantitative estimate of drug-likeness (QED) is 0.478. The smallest absolute Gasteiger partial charge is 0.233 e. The first-order valence-electron chi connectivity index (χ1n) is 7.50. The fourth-order valence-electron chi connectivity index (χ4n) is 2.19. The molecule has 0 saturated heterocycles. The molecule has 1 aromatic carbocycles. The number of thioether (sulfide) groups is 1. The molecule has 0 fully saturated rings. The molecule has 0 bridgehead atoms. The normalized spacial score (nSPS) is 10.9. The lowest BCUT2D eigenvalue weighted by Gasteiger charge is -2.15. The second-order valence-electron chi connectivity index (χ2n) is 5.42. The van der Waals surface area contributed by atoms with Gasteiger partial charge in [-0.2, -0.15) is 0 Å². The number of hydrogen-bond donors (Lipinski definition) is 1. The first kappa shape index (κ1) is 19.0. The van der Waals surface area contributed by atoms with Crippen LogP contribution in [0.2, 0.25) is 10.0 Å². The summed E-state index contributed by atoms with van der Waals surface area (Å²) in [6.45, 7) is 0.581. The summed E-state index contributed by atoms with van der Waals surface area (Å²) in [5.41, 5.74) is 0.624. The van der Waals surface area contributed by atoms with E-state index < -0.39 is 0 Å². The first-order chi connectivity index (χ1) is 12.5. The van der Waals surface area contributed by atoms with Gasteiger partial charge in [0.05, 0.1) is 17.3 Å². The van der Waals surface area contributed by atoms with Crippen molar-refractivity contribution in [2.75, 3.05) is 18.6 Å². The zero-order chi connectivity index (χ0) is 18.7. The van der Waals surface area contributed by atoms with Crippen LogP contribution in [-0.4, -0.2) is 38.5 Å². The van der Waals surface area contributed by atoms with Crippen molar-refractivity contribution < 1.29 is 4.79 Å². The van der Waals surface area contributed by atoms with E-state index >= 15 is 0 Å². The van der Waals surface area contributed by atoms with Gasteiger partial charge in [0.25, 0.3) is 0 Å². The molecule has 0 aliphatic carbocycles. The van der Waals surface area contributed by atoms with Crippen molar-refractivity contribution in [1.82, 2.24) is 19.8 Å². The van der Waals surface area contributed by atoms with Crippen LogP contribution < -0.4 is 5.84 Å². The Labute approximate surface area is 168 Å². The predicted octanol–water partition coefficient (Wildman–Crippen LogP) is 3.78. The van der Waals surface area contributed by atoms with E-state index in [0.717, 1.165) is 4.88 Å². The van der Waals surface area contributed by atoms with Crippen molar-refractivity contribution in [3.8, 4) is 11.4 Å². The maximum atomic E-state index is 12.3. The maximum absolute atomic E-state index is 12.3. The summed E-state index contributed by atoms with van der Waals surface area (Å²) in [7, 11) is 1.77. The Bertz CT molecular complexity index is 914. The van der Waals surface area contributed by atoms with Gasteiger partial charge in [-0.25, -0.2) is 4.68 Å². The summed E-state index contributed by atoms with van der Waals surface area (Å²) in [6, 6.07) is 9.01. The lowest BCUT2D eigenvalue weighted by atomic mass is 10.2. The van der Waals surface area contributed by atoms with Crippen molar-refractivity contribution in [3.63, 3.8) is 0 Å². The van der Waals surface area contributed by atoms with E-state index in [9.17, 15) is 4.79 Å². The van der Waals surface area contributed by atoms with Crippen LogP contribution in [0, 0.1) is 0 Å². The van der Waals surface area contributed by atoms with Crippen LogP contribution in [0.3, 0.4) is 0 Å². The molecule has 2 aromatic heterocycles. The van der Waals surface area contributed by atoms with Gasteiger partial charge in [0.2, 0.25) is 11.1 Å². The molecule has 10 heteroatoms. The summed E-state index contributed by atoms with van der Waals surface area (Å²) in [5, 5.41) is 11.5. The van der Waals surface area contributed by atoms with Crippen molar-refractivity contribution in [2.24, 2.45) is 0 Å². The molecule has 0 spiro atoms. The molecule has 0 aliphatic rings. The van der Waals surface area contributed by atoms with Gasteiger partial charge in [0.15, 0.2) is 5.82 Å². The molecule has 2 heterocycles. The van der Waals surface area contributed by atoms with E-state index in [0.29, 0.717) is 33.1 Å². The van der Waals surface area contributed by atoms with Crippen LogP contribution >= 0.6 is 46.3 Å². The van der Waals surface area contributed by atoms with E-state index in [1.54, 1.807) is 41.5 Å². The maximum Gasteiger partial charge on any atom is 0.233 e. The number of nitrogens with two attached hydrogens (primary N) is 1. The van der Waals surface area contributed by atoms with E-state index in [2.05, 4.69) is 10.2 Å². The zero-order valence-electron chi connectivity index (χ0n) is 13.7. The largest absolute Gasteiger partial charge is 0.340 e. The molecule has 3 rings (SSSR count). The monoisotopic (exact) mass is 427 g/mol. The Morgan fingerprint density at radius 2 is 2.15 bits per heavy atom. The summed E-state index contributed by atoms with van der Waals surface area (Å²) >= 11 is 15.0. The third-order valence-electron chi connectivity index (χ3n) is 3.56. The number of nitrogen functional groups attached to an aromatic ring is 1. The minimum absolute atomic E-state index is 0.0162. The van der Waals surface area contributed by atoms with Gasteiger partial charge in [0.1, 0.15) is 0 Å². The van der Waals surface area contributed by atoms with Crippen LogP contribution in [0.15, 0.2) is 40.9 Å². The fraction of sp³-hybridized carbons (Fsp3) is 0.188. The van der Waals surface area contributed by atoms with Crippen molar-refractivity contribution in [1.29, 1.82) is 0 Å². The van der Waals surface area contributed by atoms with Crippen molar-refractivity contribution >= 4 is 52.2 Å². The number of aromatic nitrogens is 3. The SMILES string of the molecule is CN(Cc1cccs1)C(=O)CSc1nnc(-c2ccc(Cl)cc2Cl)n1N. The van der Waals surface area contributed by atoms with Crippen LogP contribution in [-0.2, 0) is 11.3 Å². The summed E-state index contributed by atoms with van der Waals surface area (Å²) in [5.74, 6) is 6.68. The molecule has 6 nitrogen and oxygen atoms in total. The Morgan fingerprint density at radius 3 is 2.85 bits per heavy atom. The summed E-state index contributed by atoms with van der Waals surface area (Å²) < 4.78 is 1.33. The fourth-order valence-corrected chi connectivity index (χ4v) is 4.24. The van der Waals surface area contributed by atoms with Gasteiger partial charge < -0.3 is 10.7 Å². The van der Waals surface area contributed by atoms with Crippen LogP contribution in [0.1, 0.15) is 4.88 Å². The Hall–Kier alpha value is -1.74.